The molecule has 6 aromatic rings. The van der Waals surface area contributed by atoms with Crippen LogP contribution in [0.3, 0.4) is 0 Å². The Morgan fingerprint density at radius 2 is 0.537 bits per heavy atom. The molecule has 0 aliphatic carbocycles. The van der Waals surface area contributed by atoms with Crippen LogP contribution in [0.25, 0.3) is 38.9 Å². The van der Waals surface area contributed by atoms with Crippen LogP contribution in [0.15, 0.2) is 128 Å². The number of benzene rings is 1. The van der Waals surface area contributed by atoms with Crippen molar-refractivity contribution in [3.63, 3.8) is 0 Å². The molecule has 0 fully saturated rings. The summed E-state index contributed by atoms with van der Waals surface area (Å²) in [5.74, 6) is 0. The van der Waals surface area contributed by atoms with Gasteiger partial charge < -0.3 is 24.5 Å². The molecule has 0 aliphatic heterocycles. The Kier molecular flexibility index (Phi) is 10.6. The van der Waals surface area contributed by atoms with E-state index in [1.807, 2.05) is 104 Å². The Labute approximate surface area is 317 Å². The fourth-order valence-corrected chi connectivity index (χ4v) is 6.36. The summed E-state index contributed by atoms with van der Waals surface area (Å²) in [5, 5.41) is 4.57. The number of aromatic nitrogens is 5. The Balaban J connectivity index is 1.89. The predicted molar refractivity (Wildman–Crippen MR) is 215 cm³/mol. The molecule has 0 aliphatic rings. The average Bonchev–Trinajstić information content (AvgIpc) is 3.17. The molecule has 0 radical (unpaired) electrons. The standard InChI is InChI=1S/C41H50N13/c1-45(2)31-11-21-50(22-12-31)37-36(43-44-42)38(51-23-13-32(14-24-51)46(3)4)40(53-27-17-34(18-28-53)48(7)8)41(54-29-19-35(20-30-54)49(9)10)39(37)52-25-15-33(16-26-52)47(5)6/h11-30H,1-10H3/q+5. The van der Waals surface area contributed by atoms with Crippen molar-refractivity contribution in [3.8, 4) is 28.4 Å². The van der Waals surface area contributed by atoms with Gasteiger partial charge in [0.2, 0.25) is 0 Å². The molecule has 274 valence electrons. The number of anilines is 5. The number of nitrogens with zero attached hydrogens (tertiary/aromatic N) is 13. The summed E-state index contributed by atoms with van der Waals surface area (Å²) in [6.45, 7) is 0. The molecule has 5 aromatic heterocycles. The van der Waals surface area contributed by atoms with Crippen LogP contribution in [-0.2, 0) is 0 Å². The van der Waals surface area contributed by atoms with Crippen molar-refractivity contribution in [2.24, 2.45) is 5.11 Å². The first-order valence-electron chi connectivity index (χ1n) is 17.6. The highest BCUT2D eigenvalue weighted by Crippen LogP contribution is 2.37. The normalized spacial score (nSPS) is 10.8. The lowest BCUT2D eigenvalue weighted by Crippen LogP contribution is -2.50. The molecule has 5 heterocycles. The van der Waals surface area contributed by atoms with E-state index in [2.05, 4.69) is 146 Å². The van der Waals surface area contributed by atoms with Gasteiger partial charge in [0.25, 0.3) is 0 Å². The summed E-state index contributed by atoms with van der Waals surface area (Å²) in [7, 11) is 20.3. The second kappa shape index (κ2) is 15.5. The van der Waals surface area contributed by atoms with Crippen LogP contribution in [0.2, 0.25) is 0 Å². The lowest BCUT2D eigenvalue weighted by molar-refractivity contribution is -0.669. The molecule has 0 spiro atoms. The molecule has 6 rings (SSSR count). The summed E-state index contributed by atoms with van der Waals surface area (Å²) in [6.07, 6.45) is 20.5. The monoisotopic (exact) mass is 724 g/mol. The van der Waals surface area contributed by atoms with Crippen molar-refractivity contribution in [1.82, 2.24) is 0 Å². The van der Waals surface area contributed by atoms with Crippen LogP contribution < -0.4 is 47.3 Å². The van der Waals surface area contributed by atoms with Crippen LogP contribution in [0.1, 0.15) is 0 Å². The fourth-order valence-electron chi connectivity index (χ4n) is 6.36. The van der Waals surface area contributed by atoms with Gasteiger partial charge in [-0.05, 0) is 10.6 Å². The van der Waals surface area contributed by atoms with Crippen LogP contribution in [0, 0.1) is 0 Å². The van der Waals surface area contributed by atoms with E-state index < -0.39 is 0 Å². The molecule has 0 N–H and O–H groups in total. The Hall–Kier alpha value is -6.72. The van der Waals surface area contributed by atoms with Crippen molar-refractivity contribution < 1.29 is 22.8 Å². The number of pyridine rings is 5. The maximum Gasteiger partial charge on any atom is 0.370 e. The molecule has 0 amide bonds. The second-order valence-corrected chi connectivity index (χ2v) is 14.1. The molecule has 0 bridgehead atoms. The molecule has 13 heteroatoms. The van der Waals surface area contributed by atoms with E-state index in [1.54, 1.807) is 0 Å². The van der Waals surface area contributed by atoms with E-state index in [4.69, 9.17) is 0 Å². The van der Waals surface area contributed by atoms with Crippen LogP contribution >= 0.6 is 0 Å². The number of hydrogen-bond acceptors (Lipinski definition) is 6. The van der Waals surface area contributed by atoms with Gasteiger partial charge >= 0.3 is 28.4 Å². The van der Waals surface area contributed by atoms with Crippen LogP contribution in [0.5, 0.6) is 0 Å². The van der Waals surface area contributed by atoms with Crippen LogP contribution in [-0.4, -0.2) is 70.5 Å². The Morgan fingerprint density at radius 1 is 0.352 bits per heavy atom. The van der Waals surface area contributed by atoms with Crippen molar-refractivity contribution in [3.05, 3.63) is 133 Å². The lowest BCUT2D eigenvalue weighted by atomic mass is 10.1. The van der Waals surface area contributed by atoms with E-state index in [-0.39, 0.29) is 0 Å². The molecule has 0 saturated carbocycles. The maximum absolute atomic E-state index is 10.4. The molecular formula is C41H50N13+5. The molecule has 13 nitrogen and oxygen atoms in total. The Morgan fingerprint density at radius 3 is 0.722 bits per heavy atom. The average molecular weight is 725 g/mol. The van der Waals surface area contributed by atoms with Gasteiger partial charge in [0.15, 0.2) is 67.7 Å². The molecule has 0 saturated heterocycles. The van der Waals surface area contributed by atoms with Gasteiger partial charge in [-0.15, -0.1) is 0 Å². The first kappa shape index (κ1) is 37.1. The van der Waals surface area contributed by atoms with Gasteiger partial charge in [-0.2, -0.15) is 22.8 Å². The summed E-state index contributed by atoms with van der Waals surface area (Å²) in [6, 6.07) is 20.8. The summed E-state index contributed by atoms with van der Waals surface area (Å²) >= 11 is 0. The quantitative estimate of drug-likeness (QED) is 0.0860. The minimum Gasteiger partial charge on any atom is -0.377 e. The van der Waals surface area contributed by atoms with Gasteiger partial charge in [-0.25, -0.2) is 0 Å². The third kappa shape index (κ3) is 7.30. The molecule has 0 unspecified atom stereocenters. The smallest absolute Gasteiger partial charge is 0.370 e. The highest BCUT2D eigenvalue weighted by molar-refractivity contribution is 5.80. The Bertz CT molecular complexity index is 2140. The summed E-state index contributed by atoms with van der Waals surface area (Å²) < 4.78 is 10.4. The number of hydrogen-bond donors (Lipinski definition) is 0. The topological polar surface area (TPSA) is 84.4 Å². The van der Waals surface area contributed by atoms with E-state index in [1.165, 1.54) is 0 Å². The lowest BCUT2D eigenvalue weighted by Gasteiger charge is -2.15. The van der Waals surface area contributed by atoms with Crippen molar-refractivity contribution in [1.29, 1.82) is 0 Å². The highest BCUT2D eigenvalue weighted by atomic mass is 15.2. The molecule has 54 heavy (non-hydrogen) atoms. The first-order chi connectivity index (χ1) is 25.9. The van der Waals surface area contributed by atoms with Crippen molar-refractivity contribution in [2.45, 2.75) is 0 Å². The van der Waals surface area contributed by atoms with E-state index >= 15 is 0 Å². The fraction of sp³-hybridized carbons (Fsp3) is 0.244. The molecule has 0 atom stereocenters. The van der Waals surface area contributed by atoms with E-state index in [9.17, 15) is 5.53 Å². The maximum atomic E-state index is 10.4. The van der Waals surface area contributed by atoms with E-state index in [0.29, 0.717) is 17.1 Å². The van der Waals surface area contributed by atoms with Gasteiger partial charge in [0.1, 0.15) is 0 Å². The minimum atomic E-state index is 0.454. The summed E-state index contributed by atoms with van der Waals surface area (Å²) in [5.41, 5.74) is 20.0. The third-order valence-electron chi connectivity index (χ3n) is 9.42. The first-order valence-corrected chi connectivity index (χ1v) is 17.6. The number of rotatable bonds is 11. The van der Waals surface area contributed by atoms with Crippen molar-refractivity contribution >= 4 is 34.1 Å². The van der Waals surface area contributed by atoms with Gasteiger partial charge in [-0.1, -0.05) is 0 Å². The zero-order valence-corrected chi connectivity index (χ0v) is 32.9. The van der Waals surface area contributed by atoms with Crippen LogP contribution in [0.4, 0.5) is 34.1 Å². The van der Waals surface area contributed by atoms with Crippen molar-refractivity contribution in [2.75, 3.05) is 95.0 Å². The second-order valence-electron chi connectivity index (χ2n) is 14.1. The van der Waals surface area contributed by atoms with Gasteiger partial charge in [0.05, 0.1) is 0 Å². The van der Waals surface area contributed by atoms with Gasteiger partial charge in [0, 0.05) is 164 Å². The molecule has 1 aromatic carbocycles. The SMILES string of the molecule is CN(C)c1cc[n+](-c2c(N=[N+]=[N-])c(-[n+]3ccc(N(C)C)cc3)c(-[n+]3ccc(N(C)C)cc3)c(-[n+]3ccc(N(C)C)cc3)c2-[n+]2ccc(N(C)C)cc2)cc1. The van der Waals surface area contributed by atoms with Gasteiger partial charge in [-0.3, -0.25) is 0 Å². The predicted octanol–water partition coefficient (Wildman–Crippen LogP) is 4.34. The zero-order chi connectivity index (χ0) is 38.7. The molecular weight excluding hydrogens is 675 g/mol. The zero-order valence-electron chi connectivity index (χ0n) is 32.9. The van der Waals surface area contributed by atoms with E-state index in [0.717, 1.165) is 45.5 Å². The minimum absolute atomic E-state index is 0.454. The third-order valence-corrected chi connectivity index (χ3v) is 9.42. The largest absolute Gasteiger partial charge is 0.377 e. The highest BCUT2D eigenvalue weighted by Gasteiger charge is 2.48. The summed E-state index contributed by atoms with van der Waals surface area (Å²) in [4.78, 5) is 13.8. The number of azide groups is 1.